The second-order valence-corrected chi connectivity index (χ2v) is 19.1. The van der Waals surface area contributed by atoms with E-state index in [4.69, 9.17) is 0 Å². The molecule has 8 aliphatic carbocycles. The van der Waals surface area contributed by atoms with Gasteiger partial charge in [-0.05, 0) is 167 Å². The zero-order chi connectivity index (χ0) is 32.7. The van der Waals surface area contributed by atoms with Crippen molar-refractivity contribution in [3.63, 3.8) is 0 Å². The highest BCUT2D eigenvalue weighted by molar-refractivity contribution is 5.26. The molecule has 0 saturated heterocycles. The third kappa shape index (κ3) is 6.72. The van der Waals surface area contributed by atoms with E-state index in [0.29, 0.717) is 0 Å². The fraction of sp³-hybridized carbons (Fsp3) is 0.792. The molecule has 6 saturated carbocycles. The number of hydrogen-bond acceptors (Lipinski definition) is 1. The Kier molecular flexibility index (Phi) is 10.2. The van der Waals surface area contributed by atoms with Crippen LogP contribution in [0.25, 0.3) is 0 Å². The molecule has 268 valence electrons. The predicted octanol–water partition coefficient (Wildman–Crippen LogP) is 12.7. The maximum atomic E-state index is 3.07. The molecule has 0 N–H and O–H groups in total. The third-order valence-corrected chi connectivity index (χ3v) is 16.7. The van der Waals surface area contributed by atoms with Gasteiger partial charge in [0.2, 0.25) is 0 Å². The first kappa shape index (κ1) is 33.5. The summed E-state index contributed by atoms with van der Waals surface area (Å²) in [5.41, 5.74) is 3.93. The zero-order valence-corrected chi connectivity index (χ0v) is 31.4. The minimum atomic E-state index is 0.755. The first-order chi connectivity index (χ1) is 24.2. The van der Waals surface area contributed by atoms with Gasteiger partial charge < -0.3 is 0 Å². The Morgan fingerprint density at radius 2 is 0.755 bits per heavy atom. The van der Waals surface area contributed by atoms with Crippen molar-refractivity contribution in [3.05, 3.63) is 59.8 Å². The molecule has 14 atom stereocenters. The van der Waals surface area contributed by atoms with Gasteiger partial charge in [0.1, 0.15) is 0 Å². The van der Waals surface area contributed by atoms with E-state index < -0.39 is 0 Å². The maximum absolute atomic E-state index is 3.07. The van der Waals surface area contributed by atoms with Gasteiger partial charge in [-0.1, -0.05) is 118 Å². The number of hydrogen-bond donors (Lipinski definition) is 0. The van der Waals surface area contributed by atoms with Gasteiger partial charge in [0, 0.05) is 12.1 Å². The van der Waals surface area contributed by atoms with Gasteiger partial charge in [-0.25, -0.2) is 0 Å². The highest BCUT2D eigenvalue weighted by atomic mass is 15.2. The summed E-state index contributed by atoms with van der Waals surface area (Å²) in [7, 11) is 0. The molecule has 14 unspecified atom stereocenters. The molecule has 9 rings (SSSR count). The summed E-state index contributed by atoms with van der Waals surface area (Å²) in [5.74, 6) is 9.90. The summed E-state index contributed by atoms with van der Waals surface area (Å²) in [6.45, 7) is 3.75. The number of nitrogens with zero attached hydrogens (tertiary/aromatic N) is 1. The molecule has 1 nitrogen and oxygen atoms in total. The topological polar surface area (TPSA) is 3.24 Å². The zero-order valence-electron chi connectivity index (χ0n) is 31.4. The average molecular weight is 662 g/mol. The first-order valence-corrected chi connectivity index (χ1v) is 22.5. The second-order valence-electron chi connectivity index (χ2n) is 19.1. The molecule has 0 radical (unpaired) electrons. The lowest BCUT2D eigenvalue weighted by atomic mass is 9.66. The monoisotopic (exact) mass is 662 g/mol. The molecular weight excluding hydrogens is 591 g/mol. The van der Waals surface area contributed by atoms with Gasteiger partial charge in [0.05, 0.1) is 0 Å². The summed E-state index contributed by atoms with van der Waals surface area (Å²) in [4.78, 5) is 3.07. The van der Waals surface area contributed by atoms with Gasteiger partial charge >= 0.3 is 0 Å². The fourth-order valence-electron chi connectivity index (χ4n) is 14.4. The number of rotatable bonds is 3. The van der Waals surface area contributed by atoms with Crippen LogP contribution in [0.15, 0.2) is 59.8 Å². The van der Waals surface area contributed by atoms with Crippen LogP contribution in [0.3, 0.4) is 0 Å². The SMILES string of the molecule is CCN1C2CCC(C=C3C4CCCCC4C=CC4CCCCC34)CC2C=CC2CC(C=C3C4CCCCC4C=CC4CCCCC34)CCC21. The predicted molar refractivity (Wildman–Crippen MR) is 207 cm³/mol. The van der Waals surface area contributed by atoms with Crippen LogP contribution in [0.5, 0.6) is 0 Å². The molecule has 0 aromatic heterocycles. The minimum absolute atomic E-state index is 0.755. The van der Waals surface area contributed by atoms with Gasteiger partial charge in [0.25, 0.3) is 0 Å². The van der Waals surface area contributed by atoms with E-state index in [0.717, 1.165) is 83.1 Å². The minimum Gasteiger partial charge on any atom is -0.297 e. The van der Waals surface area contributed by atoms with Crippen LogP contribution in [0, 0.1) is 71.0 Å². The summed E-state index contributed by atoms with van der Waals surface area (Å²) >= 11 is 0. The van der Waals surface area contributed by atoms with Gasteiger partial charge in [-0.15, -0.1) is 0 Å². The molecule has 1 heteroatoms. The van der Waals surface area contributed by atoms with Crippen molar-refractivity contribution in [1.82, 2.24) is 4.90 Å². The lowest BCUT2D eigenvalue weighted by molar-refractivity contribution is 0.0411. The standard InChI is InChI=1S/C48H71N/c1-2-49-47-27-19-33(31-45-41-15-7-3-11-35(41)21-22-36-12-4-8-16-42(36)45)29-39(47)25-26-40-30-34(20-28-48(40)49)32-46-43-17-9-5-13-37(43)23-24-38-14-6-10-18-44(38)46/h21-26,31-44,47-48H,2-20,27-30H2,1H3. The molecule has 49 heavy (non-hydrogen) atoms. The van der Waals surface area contributed by atoms with E-state index in [1.807, 2.05) is 11.1 Å². The van der Waals surface area contributed by atoms with Crippen LogP contribution < -0.4 is 0 Å². The Hall–Kier alpha value is -1.34. The maximum Gasteiger partial charge on any atom is 0.0161 e. The van der Waals surface area contributed by atoms with Crippen molar-refractivity contribution < 1.29 is 0 Å². The van der Waals surface area contributed by atoms with E-state index >= 15 is 0 Å². The quantitative estimate of drug-likeness (QED) is 0.272. The molecule has 6 fully saturated rings. The molecule has 0 spiro atoms. The summed E-state index contributed by atoms with van der Waals surface area (Å²) in [5, 5.41) is 0. The lowest BCUT2D eigenvalue weighted by Gasteiger charge is -2.47. The fourth-order valence-corrected chi connectivity index (χ4v) is 14.4. The molecule has 0 amide bonds. The lowest BCUT2D eigenvalue weighted by Crippen LogP contribution is -2.51. The van der Waals surface area contributed by atoms with Gasteiger partial charge in [-0.3, -0.25) is 4.90 Å². The van der Waals surface area contributed by atoms with Crippen LogP contribution in [0.1, 0.15) is 148 Å². The van der Waals surface area contributed by atoms with E-state index in [9.17, 15) is 0 Å². The first-order valence-electron chi connectivity index (χ1n) is 22.5. The van der Waals surface area contributed by atoms with Crippen LogP contribution in [0.4, 0.5) is 0 Å². The molecule has 0 bridgehead atoms. The van der Waals surface area contributed by atoms with Crippen molar-refractivity contribution >= 4 is 0 Å². The normalized spacial score (nSPS) is 46.8. The van der Waals surface area contributed by atoms with Crippen molar-refractivity contribution in [1.29, 1.82) is 0 Å². The summed E-state index contributed by atoms with van der Waals surface area (Å²) < 4.78 is 0. The Labute approximate surface area is 301 Å². The number of fused-ring (bicyclic) bond motifs is 6. The van der Waals surface area contributed by atoms with Crippen molar-refractivity contribution in [3.8, 4) is 0 Å². The summed E-state index contributed by atoms with van der Waals surface area (Å²) in [6, 6.07) is 1.56. The van der Waals surface area contributed by atoms with E-state index in [-0.39, 0.29) is 0 Å². The van der Waals surface area contributed by atoms with Crippen molar-refractivity contribution in [2.45, 2.75) is 160 Å². The highest BCUT2D eigenvalue weighted by Gasteiger charge is 2.44. The van der Waals surface area contributed by atoms with Crippen molar-refractivity contribution in [2.75, 3.05) is 6.54 Å². The molecule has 0 aromatic carbocycles. The van der Waals surface area contributed by atoms with E-state index in [1.165, 1.54) is 148 Å². The molecule has 0 aromatic rings. The second kappa shape index (κ2) is 15.0. The Bertz CT molecular complexity index is 1140. The van der Waals surface area contributed by atoms with Crippen LogP contribution >= 0.6 is 0 Å². The van der Waals surface area contributed by atoms with Gasteiger partial charge in [0.15, 0.2) is 0 Å². The van der Waals surface area contributed by atoms with Crippen LogP contribution in [-0.2, 0) is 0 Å². The highest BCUT2D eigenvalue weighted by Crippen LogP contribution is 2.52. The Morgan fingerprint density at radius 3 is 1.10 bits per heavy atom. The summed E-state index contributed by atoms with van der Waals surface area (Å²) in [6.07, 6.45) is 54.3. The number of allylic oxidation sites excluding steroid dienone is 8. The van der Waals surface area contributed by atoms with Crippen molar-refractivity contribution in [2.24, 2.45) is 71.0 Å². The Balaban J connectivity index is 0.943. The average Bonchev–Trinajstić information content (AvgIpc) is 3.49. The van der Waals surface area contributed by atoms with E-state index in [2.05, 4.69) is 60.4 Å². The molecule has 1 aliphatic heterocycles. The van der Waals surface area contributed by atoms with Crippen LogP contribution in [0.2, 0.25) is 0 Å². The van der Waals surface area contributed by atoms with E-state index in [1.54, 1.807) is 0 Å². The Morgan fingerprint density at radius 1 is 0.429 bits per heavy atom. The largest absolute Gasteiger partial charge is 0.297 e. The molecule has 9 aliphatic rings. The van der Waals surface area contributed by atoms with Crippen LogP contribution in [-0.4, -0.2) is 23.5 Å². The molecule has 1 heterocycles. The van der Waals surface area contributed by atoms with Gasteiger partial charge in [-0.2, -0.15) is 0 Å². The smallest absolute Gasteiger partial charge is 0.0161 e. The third-order valence-electron chi connectivity index (χ3n) is 16.7. The molecular formula is C48H71N.